The summed E-state index contributed by atoms with van der Waals surface area (Å²) < 4.78 is 0. The largest absolute Gasteiger partial charge is 0.481 e. The molecular formula is C26H44O3. The Hall–Kier alpha value is -0.860. The molecule has 166 valence electrons. The molecule has 0 radical (unpaired) electrons. The molecule has 3 heteroatoms. The first-order valence-corrected chi connectivity index (χ1v) is 12.4. The van der Waals surface area contributed by atoms with E-state index in [0.29, 0.717) is 29.0 Å². The number of ketones is 1. The summed E-state index contributed by atoms with van der Waals surface area (Å²) in [4.78, 5) is 21.8. The first-order chi connectivity index (χ1) is 13.6. The molecule has 0 aromatic carbocycles. The first kappa shape index (κ1) is 22.8. The highest BCUT2D eigenvalue weighted by molar-refractivity contribution is 5.79. The smallest absolute Gasteiger partial charge is 0.303 e. The summed E-state index contributed by atoms with van der Waals surface area (Å²) in [6.07, 6.45) is 13.6. The molecule has 29 heavy (non-hydrogen) atoms. The topological polar surface area (TPSA) is 54.4 Å². The van der Waals surface area contributed by atoms with Gasteiger partial charge in [0.05, 0.1) is 0 Å². The molecule has 0 bridgehead atoms. The number of aliphatic carboxylic acids is 1. The summed E-state index contributed by atoms with van der Waals surface area (Å²) in [5.41, 5.74) is 0.948. The van der Waals surface area contributed by atoms with Crippen molar-refractivity contribution in [3.63, 3.8) is 0 Å². The van der Waals surface area contributed by atoms with Gasteiger partial charge in [-0.15, -0.1) is 0 Å². The quantitative estimate of drug-likeness (QED) is 0.566. The molecule has 4 aliphatic rings. The molecule has 4 aliphatic carbocycles. The fourth-order valence-corrected chi connectivity index (χ4v) is 8.35. The van der Waals surface area contributed by atoms with Crippen LogP contribution in [0.4, 0.5) is 0 Å². The van der Waals surface area contributed by atoms with Crippen LogP contribution in [0.3, 0.4) is 0 Å². The highest BCUT2D eigenvalue weighted by atomic mass is 16.4. The zero-order chi connectivity index (χ0) is 21.4. The number of hydrogen-bond acceptors (Lipinski definition) is 2. The van der Waals surface area contributed by atoms with Crippen molar-refractivity contribution in [2.24, 2.45) is 46.3 Å². The highest BCUT2D eigenvalue weighted by Gasteiger charge is 2.60. The number of carbonyl (C=O) groups excluding carboxylic acids is 1. The molecule has 0 spiro atoms. The van der Waals surface area contributed by atoms with Crippen LogP contribution in [0.25, 0.3) is 0 Å². The average Bonchev–Trinajstić information content (AvgIpc) is 3.00. The van der Waals surface area contributed by atoms with E-state index >= 15 is 0 Å². The van der Waals surface area contributed by atoms with Crippen LogP contribution in [0.5, 0.6) is 0 Å². The Morgan fingerprint density at radius 2 is 1.59 bits per heavy atom. The zero-order valence-corrected chi connectivity index (χ0v) is 19.5. The van der Waals surface area contributed by atoms with E-state index in [2.05, 4.69) is 20.8 Å². The number of Topliss-reactive ketones (excluding diaryl/α,β-unsaturated/α-hetero) is 1. The van der Waals surface area contributed by atoms with Crippen LogP contribution in [0.2, 0.25) is 0 Å². The van der Waals surface area contributed by atoms with Crippen molar-refractivity contribution in [2.45, 2.75) is 105 Å². The lowest BCUT2D eigenvalue weighted by Gasteiger charge is -2.61. The van der Waals surface area contributed by atoms with Crippen molar-refractivity contribution < 1.29 is 14.7 Å². The maximum absolute atomic E-state index is 12.2. The SMILES string of the molecule is CC(=O)C1CCC2C3CCC4CC(C)CCC4(C)C3CCC12C.CCCC(=O)O. The van der Waals surface area contributed by atoms with Gasteiger partial charge in [-0.3, -0.25) is 9.59 Å². The maximum Gasteiger partial charge on any atom is 0.303 e. The van der Waals surface area contributed by atoms with Gasteiger partial charge in [0.1, 0.15) is 5.78 Å². The third-order valence-corrected chi connectivity index (χ3v) is 9.88. The monoisotopic (exact) mass is 404 g/mol. The standard InChI is InChI=1S/C22H36O.C4H8O2/c1-14-9-11-21(3)16(13-14)5-6-17-19-8-7-18(15(2)23)22(19,4)12-10-20(17)21;1-2-3-4(5)6/h14,16-20H,5-13H2,1-4H3;2-3H2,1H3,(H,5,6). The van der Waals surface area contributed by atoms with Crippen molar-refractivity contribution in [3.8, 4) is 0 Å². The van der Waals surface area contributed by atoms with Crippen LogP contribution in [0.1, 0.15) is 105 Å². The van der Waals surface area contributed by atoms with E-state index in [9.17, 15) is 9.59 Å². The van der Waals surface area contributed by atoms with E-state index in [-0.39, 0.29) is 0 Å². The number of fused-ring (bicyclic) bond motifs is 5. The van der Waals surface area contributed by atoms with Gasteiger partial charge < -0.3 is 5.11 Å². The van der Waals surface area contributed by atoms with E-state index in [0.717, 1.165) is 36.0 Å². The molecule has 0 aromatic rings. The fraction of sp³-hybridized carbons (Fsp3) is 0.923. The van der Waals surface area contributed by atoms with Crippen molar-refractivity contribution >= 4 is 11.8 Å². The molecule has 8 unspecified atom stereocenters. The lowest BCUT2D eigenvalue weighted by atomic mass is 9.44. The molecule has 0 heterocycles. The van der Waals surface area contributed by atoms with E-state index in [1.165, 1.54) is 57.8 Å². The molecule has 0 amide bonds. The molecule has 4 fully saturated rings. The Labute approximate surface area is 178 Å². The molecule has 0 saturated heterocycles. The lowest BCUT2D eigenvalue weighted by molar-refractivity contribution is -0.137. The zero-order valence-electron chi connectivity index (χ0n) is 19.5. The predicted molar refractivity (Wildman–Crippen MR) is 118 cm³/mol. The van der Waals surface area contributed by atoms with Crippen molar-refractivity contribution in [1.29, 1.82) is 0 Å². The number of carbonyl (C=O) groups is 2. The van der Waals surface area contributed by atoms with Crippen LogP contribution in [0, 0.1) is 46.3 Å². The molecule has 8 atom stereocenters. The van der Waals surface area contributed by atoms with Gasteiger partial charge in [-0.2, -0.15) is 0 Å². The van der Waals surface area contributed by atoms with E-state index in [1.54, 1.807) is 0 Å². The number of hydrogen-bond donors (Lipinski definition) is 1. The van der Waals surface area contributed by atoms with Gasteiger partial charge in [0.25, 0.3) is 0 Å². The molecular weight excluding hydrogens is 360 g/mol. The van der Waals surface area contributed by atoms with Crippen LogP contribution >= 0.6 is 0 Å². The number of carboxylic acids is 1. The Balaban J connectivity index is 0.000000353. The van der Waals surface area contributed by atoms with Crippen LogP contribution in [-0.4, -0.2) is 16.9 Å². The summed E-state index contributed by atoms with van der Waals surface area (Å²) in [6, 6.07) is 0. The molecule has 4 saturated carbocycles. The van der Waals surface area contributed by atoms with E-state index < -0.39 is 5.97 Å². The Kier molecular flexibility index (Phi) is 6.85. The normalized spacial score (nSPS) is 45.8. The predicted octanol–water partition coefficient (Wildman–Crippen LogP) is 6.74. The minimum Gasteiger partial charge on any atom is -0.481 e. The summed E-state index contributed by atoms with van der Waals surface area (Å²) in [5.74, 6) is 4.79. The average molecular weight is 405 g/mol. The third-order valence-electron chi connectivity index (χ3n) is 9.88. The second-order valence-corrected chi connectivity index (χ2v) is 11.5. The van der Waals surface area contributed by atoms with Crippen molar-refractivity contribution in [1.82, 2.24) is 0 Å². The van der Waals surface area contributed by atoms with Gasteiger partial charge in [-0.05, 0) is 105 Å². The minimum absolute atomic E-state index is 0.292. The summed E-state index contributed by atoms with van der Waals surface area (Å²) in [6.45, 7) is 11.3. The highest BCUT2D eigenvalue weighted by Crippen LogP contribution is 2.67. The first-order valence-electron chi connectivity index (χ1n) is 12.4. The summed E-state index contributed by atoms with van der Waals surface area (Å²) >= 11 is 0. The number of carboxylic acid groups (broad SMARTS) is 1. The van der Waals surface area contributed by atoms with E-state index in [4.69, 9.17) is 5.11 Å². The molecule has 1 N–H and O–H groups in total. The molecule has 3 nitrogen and oxygen atoms in total. The van der Waals surface area contributed by atoms with Crippen LogP contribution in [0.15, 0.2) is 0 Å². The van der Waals surface area contributed by atoms with Crippen LogP contribution in [-0.2, 0) is 9.59 Å². The molecule has 0 aromatic heterocycles. The van der Waals surface area contributed by atoms with Gasteiger partial charge in [0, 0.05) is 12.3 Å². The maximum atomic E-state index is 12.2. The van der Waals surface area contributed by atoms with Gasteiger partial charge >= 0.3 is 5.97 Å². The summed E-state index contributed by atoms with van der Waals surface area (Å²) in [7, 11) is 0. The Morgan fingerprint density at radius 3 is 2.17 bits per heavy atom. The van der Waals surface area contributed by atoms with Gasteiger partial charge in [0.15, 0.2) is 0 Å². The van der Waals surface area contributed by atoms with Gasteiger partial charge in [0.2, 0.25) is 0 Å². The lowest BCUT2D eigenvalue weighted by Crippen LogP contribution is -2.53. The second-order valence-electron chi connectivity index (χ2n) is 11.5. The van der Waals surface area contributed by atoms with Crippen molar-refractivity contribution in [3.05, 3.63) is 0 Å². The number of rotatable bonds is 3. The van der Waals surface area contributed by atoms with Crippen LogP contribution < -0.4 is 0 Å². The Bertz CT molecular complexity index is 613. The molecule has 4 rings (SSSR count). The second kappa shape index (κ2) is 8.71. The minimum atomic E-state index is -0.711. The third kappa shape index (κ3) is 4.17. The molecule has 0 aliphatic heterocycles. The van der Waals surface area contributed by atoms with Gasteiger partial charge in [-0.25, -0.2) is 0 Å². The van der Waals surface area contributed by atoms with Crippen molar-refractivity contribution in [2.75, 3.05) is 0 Å². The van der Waals surface area contributed by atoms with Gasteiger partial charge in [-0.1, -0.05) is 34.1 Å². The Morgan fingerprint density at radius 1 is 0.931 bits per heavy atom. The fourth-order valence-electron chi connectivity index (χ4n) is 8.35. The summed E-state index contributed by atoms with van der Waals surface area (Å²) in [5, 5.41) is 7.91. The van der Waals surface area contributed by atoms with E-state index in [1.807, 2.05) is 13.8 Å².